The van der Waals surface area contributed by atoms with Gasteiger partial charge in [-0.05, 0) is 78.3 Å². The molecule has 4 N–H and O–H groups in total. The minimum Gasteiger partial charge on any atom is -0.507 e. The minimum atomic E-state index is -1.17. The van der Waals surface area contributed by atoms with Crippen molar-refractivity contribution in [3.05, 3.63) is 59.2 Å². The highest BCUT2D eigenvalue weighted by Gasteiger charge is 2.16. The smallest absolute Gasteiger partial charge is 0.339 e. The van der Waals surface area contributed by atoms with Crippen LogP contribution >= 0.6 is 0 Å². The van der Waals surface area contributed by atoms with E-state index in [4.69, 9.17) is 4.74 Å². The van der Waals surface area contributed by atoms with Crippen molar-refractivity contribution in [2.75, 3.05) is 6.61 Å². The highest BCUT2D eigenvalue weighted by atomic mass is 16.5. The third-order valence-corrected chi connectivity index (χ3v) is 5.29. The summed E-state index contributed by atoms with van der Waals surface area (Å²) in [5.41, 5.74) is 1.62. The molecule has 0 saturated carbocycles. The fourth-order valence-corrected chi connectivity index (χ4v) is 3.65. The molecule has 0 aromatic heterocycles. The first kappa shape index (κ1) is 22.3. The number of phenols is 3. The standard InChI is InChI=1S/C25H28O6/c1-2-6-18-12-20(15-21(24(18)28)25(29)30)31-10-5-3-4-7-16-8-9-17-13-22(26)23(27)14-19(17)11-16/h8-9,11-15,26-28H,2-7,10H2,1H3,(H,29,30). The number of aromatic hydroxyl groups is 3. The van der Waals surface area contributed by atoms with Gasteiger partial charge in [-0.2, -0.15) is 0 Å². The number of hydrogen-bond acceptors (Lipinski definition) is 5. The molecule has 0 bridgehead atoms. The maximum Gasteiger partial charge on any atom is 0.339 e. The van der Waals surface area contributed by atoms with Crippen LogP contribution in [-0.2, 0) is 12.8 Å². The Morgan fingerprint density at radius 1 is 0.871 bits per heavy atom. The van der Waals surface area contributed by atoms with Crippen LogP contribution in [0.15, 0.2) is 42.5 Å². The Morgan fingerprint density at radius 2 is 1.61 bits per heavy atom. The van der Waals surface area contributed by atoms with Crippen molar-refractivity contribution in [1.29, 1.82) is 0 Å². The molecule has 31 heavy (non-hydrogen) atoms. The number of benzene rings is 3. The third kappa shape index (κ3) is 5.60. The fraction of sp³-hybridized carbons (Fsp3) is 0.320. The number of hydrogen-bond donors (Lipinski definition) is 4. The first-order chi connectivity index (χ1) is 14.9. The minimum absolute atomic E-state index is 0.119. The lowest BCUT2D eigenvalue weighted by atomic mass is 10.0. The van der Waals surface area contributed by atoms with Gasteiger partial charge in [-0.15, -0.1) is 0 Å². The summed E-state index contributed by atoms with van der Waals surface area (Å²) < 4.78 is 5.75. The predicted molar refractivity (Wildman–Crippen MR) is 119 cm³/mol. The van der Waals surface area contributed by atoms with Crippen LogP contribution in [0.3, 0.4) is 0 Å². The number of fused-ring (bicyclic) bond motifs is 1. The Kier molecular flexibility index (Phi) is 7.23. The van der Waals surface area contributed by atoms with Gasteiger partial charge in [-0.1, -0.05) is 31.5 Å². The zero-order valence-electron chi connectivity index (χ0n) is 17.6. The molecule has 0 fully saturated rings. The van der Waals surface area contributed by atoms with Gasteiger partial charge in [0.25, 0.3) is 0 Å². The van der Waals surface area contributed by atoms with Crippen molar-refractivity contribution in [3.8, 4) is 23.0 Å². The van der Waals surface area contributed by atoms with E-state index in [9.17, 15) is 25.2 Å². The molecule has 6 heteroatoms. The number of aryl methyl sites for hydroxylation is 2. The molecular formula is C25H28O6. The van der Waals surface area contributed by atoms with Crippen LogP contribution in [0.2, 0.25) is 0 Å². The Bertz CT molecular complexity index is 1070. The van der Waals surface area contributed by atoms with Crippen LogP contribution in [0.25, 0.3) is 10.8 Å². The monoisotopic (exact) mass is 424 g/mol. The summed E-state index contributed by atoms with van der Waals surface area (Å²) in [5.74, 6) is -1.12. The summed E-state index contributed by atoms with van der Waals surface area (Å²) in [4.78, 5) is 11.4. The second-order valence-electron chi connectivity index (χ2n) is 7.72. The molecule has 0 saturated heterocycles. The quantitative estimate of drug-likeness (QED) is 0.256. The number of ether oxygens (including phenoxy) is 1. The lowest BCUT2D eigenvalue weighted by Gasteiger charge is -2.12. The maximum absolute atomic E-state index is 11.4. The van der Waals surface area contributed by atoms with E-state index in [-0.39, 0.29) is 22.8 Å². The van der Waals surface area contributed by atoms with Crippen molar-refractivity contribution in [2.24, 2.45) is 0 Å². The molecule has 6 nitrogen and oxygen atoms in total. The molecule has 0 heterocycles. The summed E-state index contributed by atoms with van der Waals surface area (Å²) in [5, 5.41) is 40.4. The number of aromatic carboxylic acids is 1. The van der Waals surface area contributed by atoms with Gasteiger partial charge in [0, 0.05) is 0 Å². The molecule has 0 radical (unpaired) electrons. The van der Waals surface area contributed by atoms with Gasteiger partial charge >= 0.3 is 5.97 Å². The normalized spacial score (nSPS) is 11.0. The van der Waals surface area contributed by atoms with Crippen LogP contribution in [0.4, 0.5) is 0 Å². The number of carboxylic acid groups (broad SMARTS) is 1. The molecular weight excluding hydrogens is 396 g/mol. The zero-order chi connectivity index (χ0) is 22.4. The van der Waals surface area contributed by atoms with Gasteiger partial charge in [0.1, 0.15) is 17.1 Å². The first-order valence-corrected chi connectivity index (χ1v) is 10.6. The van der Waals surface area contributed by atoms with E-state index in [1.807, 2.05) is 25.1 Å². The van der Waals surface area contributed by atoms with E-state index in [2.05, 4.69) is 0 Å². The fourth-order valence-electron chi connectivity index (χ4n) is 3.65. The molecule has 0 aliphatic heterocycles. The van der Waals surface area contributed by atoms with Crippen molar-refractivity contribution in [3.63, 3.8) is 0 Å². The lowest BCUT2D eigenvalue weighted by molar-refractivity contribution is 0.0693. The third-order valence-electron chi connectivity index (χ3n) is 5.29. The van der Waals surface area contributed by atoms with Gasteiger partial charge in [0.2, 0.25) is 0 Å². The van der Waals surface area contributed by atoms with Gasteiger partial charge < -0.3 is 25.2 Å². The van der Waals surface area contributed by atoms with Crippen LogP contribution in [0, 0.1) is 0 Å². The second kappa shape index (κ2) is 10.1. The largest absolute Gasteiger partial charge is 0.507 e. The molecule has 0 aliphatic rings. The predicted octanol–water partition coefficient (Wildman–Crippen LogP) is 5.40. The highest BCUT2D eigenvalue weighted by molar-refractivity contribution is 5.92. The van der Waals surface area contributed by atoms with Crippen LogP contribution in [0.1, 0.15) is 54.1 Å². The highest BCUT2D eigenvalue weighted by Crippen LogP contribution is 2.31. The summed E-state index contributed by atoms with van der Waals surface area (Å²) >= 11 is 0. The Balaban J connectivity index is 1.50. The molecule has 164 valence electrons. The SMILES string of the molecule is CCCc1cc(OCCCCCc2ccc3cc(O)c(O)cc3c2)cc(C(=O)O)c1O. The number of carboxylic acids is 1. The number of phenolic OH excluding ortho intramolecular Hbond substituents is 2. The summed E-state index contributed by atoms with van der Waals surface area (Å²) in [6.45, 7) is 2.44. The van der Waals surface area contributed by atoms with Gasteiger partial charge in [0.05, 0.1) is 6.61 Å². The van der Waals surface area contributed by atoms with Crippen molar-refractivity contribution < 1.29 is 30.0 Å². The van der Waals surface area contributed by atoms with E-state index in [1.54, 1.807) is 18.2 Å². The molecule has 3 rings (SSSR count). The molecule has 3 aromatic carbocycles. The topological polar surface area (TPSA) is 107 Å². The van der Waals surface area contributed by atoms with E-state index in [0.29, 0.717) is 24.3 Å². The van der Waals surface area contributed by atoms with Crippen LogP contribution in [-0.4, -0.2) is 33.0 Å². The molecule has 0 atom stereocenters. The van der Waals surface area contributed by atoms with Crippen molar-refractivity contribution in [1.82, 2.24) is 0 Å². The number of carbonyl (C=O) groups is 1. The van der Waals surface area contributed by atoms with Crippen molar-refractivity contribution in [2.45, 2.75) is 45.4 Å². The lowest BCUT2D eigenvalue weighted by Crippen LogP contribution is -2.03. The van der Waals surface area contributed by atoms with Crippen LogP contribution < -0.4 is 4.74 Å². The van der Waals surface area contributed by atoms with Crippen LogP contribution in [0.5, 0.6) is 23.0 Å². The molecule has 0 amide bonds. The summed E-state index contributed by atoms with van der Waals surface area (Å²) in [6.07, 6.45) is 5.02. The van der Waals surface area contributed by atoms with Gasteiger partial charge in [-0.3, -0.25) is 0 Å². The maximum atomic E-state index is 11.4. The Labute approximate surface area is 181 Å². The van der Waals surface area contributed by atoms with Gasteiger partial charge in [-0.25, -0.2) is 4.79 Å². The molecule has 3 aromatic rings. The molecule has 0 spiro atoms. The Hall–Kier alpha value is -3.41. The van der Waals surface area contributed by atoms with E-state index in [1.165, 1.54) is 6.07 Å². The number of unbranched alkanes of at least 4 members (excludes halogenated alkanes) is 2. The van der Waals surface area contributed by atoms with E-state index >= 15 is 0 Å². The molecule has 0 aliphatic carbocycles. The summed E-state index contributed by atoms with van der Waals surface area (Å²) in [7, 11) is 0. The first-order valence-electron chi connectivity index (χ1n) is 10.6. The zero-order valence-corrected chi connectivity index (χ0v) is 17.6. The second-order valence-corrected chi connectivity index (χ2v) is 7.72. The average molecular weight is 424 g/mol. The number of rotatable bonds is 10. The van der Waals surface area contributed by atoms with E-state index < -0.39 is 5.97 Å². The van der Waals surface area contributed by atoms with E-state index in [0.717, 1.165) is 48.4 Å². The average Bonchev–Trinajstić information content (AvgIpc) is 2.73. The Morgan fingerprint density at radius 3 is 2.32 bits per heavy atom. The summed E-state index contributed by atoms with van der Waals surface area (Å²) in [6, 6.07) is 12.2. The van der Waals surface area contributed by atoms with Gasteiger partial charge in [0.15, 0.2) is 11.5 Å². The molecule has 0 unspecified atom stereocenters. The van der Waals surface area contributed by atoms with Crippen molar-refractivity contribution >= 4 is 16.7 Å².